The van der Waals surface area contributed by atoms with Crippen molar-refractivity contribution in [3.8, 4) is 17.1 Å². The van der Waals surface area contributed by atoms with Gasteiger partial charge in [-0.05, 0) is 55.2 Å². The average molecular weight is 606 g/mol. The van der Waals surface area contributed by atoms with Crippen molar-refractivity contribution in [2.24, 2.45) is 0 Å². The summed E-state index contributed by atoms with van der Waals surface area (Å²) in [5, 5.41) is 14.1. The highest BCUT2D eigenvalue weighted by Crippen LogP contribution is 2.46. The number of carboxylic acid groups (broad SMARTS) is 1. The summed E-state index contributed by atoms with van der Waals surface area (Å²) in [5.74, 6) is -0.569. The van der Waals surface area contributed by atoms with Gasteiger partial charge in [0.15, 0.2) is 5.69 Å². The van der Waals surface area contributed by atoms with Gasteiger partial charge in [-0.2, -0.15) is 13.2 Å². The maximum atomic E-state index is 14.1. The van der Waals surface area contributed by atoms with Gasteiger partial charge in [-0.15, -0.1) is 0 Å². The van der Waals surface area contributed by atoms with Gasteiger partial charge in [0.05, 0.1) is 26.9 Å². The molecule has 214 valence electrons. The van der Waals surface area contributed by atoms with Gasteiger partial charge >= 0.3 is 12.1 Å². The number of rotatable bonds is 9. The molecule has 1 fully saturated rings. The largest absolute Gasteiger partial charge is 0.478 e. The molecule has 0 spiro atoms. The highest BCUT2D eigenvalue weighted by Gasteiger charge is 2.38. The number of aryl methyl sites for hydroxylation is 1. The summed E-state index contributed by atoms with van der Waals surface area (Å²) in [6.07, 6.45) is -2.97. The highest BCUT2D eigenvalue weighted by molar-refractivity contribution is 6.39. The number of carboxylic acids is 1. The van der Waals surface area contributed by atoms with E-state index in [-0.39, 0.29) is 36.2 Å². The summed E-state index contributed by atoms with van der Waals surface area (Å²) in [7, 11) is 1.51. The third kappa shape index (κ3) is 6.13. The predicted octanol–water partition coefficient (Wildman–Crippen LogP) is 8.16. The van der Waals surface area contributed by atoms with E-state index in [0.717, 1.165) is 12.8 Å². The fourth-order valence-electron chi connectivity index (χ4n) is 4.65. The number of aromatic carboxylic acids is 1. The predicted molar refractivity (Wildman–Crippen MR) is 148 cm³/mol. The molecule has 7 nitrogen and oxygen atoms in total. The minimum absolute atomic E-state index is 0.0963. The van der Waals surface area contributed by atoms with Gasteiger partial charge < -0.3 is 19.3 Å². The fourth-order valence-corrected chi connectivity index (χ4v) is 5.22. The molecule has 1 aliphatic rings. The molecule has 1 N–H and O–H groups in total. The van der Waals surface area contributed by atoms with Crippen LogP contribution in [0, 0.1) is 6.92 Å². The van der Waals surface area contributed by atoms with Crippen molar-refractivity contribution in [3.63, 3.8) is 0 Å². The highest BCUT2D eigenvalue weighted by atomic mass is 35.5. The second kappa shape index (κ2) is 11.3. The van der Waals surface area contributed by atoms with Crippen molar-refractivity contribution in [2.45, 2.75) is 45.0 Å². The molecule has 1 aliphatic carbocycles. The van der Waals surface area contributed by atoms with Crippen LogP contribution in [0.4, 0.5) is 18.9 Å². The molecule has 2 heterocycles. The van der Waals surface area contributed by atoms with E-state index in [0.29, 0.717) is 43.8 Å². The quantitative estimate of drug-likeness (QED) is 0.206. The molecule has 0 amide bonds. The lowest BCUT2D eigenvalue weighted by Gasteiger charge is -2.23. The maximum absolute atomic E-state index is 14.1. The van der Waals surface area contributed by atoms with Crippen molar-refractivity contribution < 1.29 is 32.3 Å². The van der Waals surface area contributed by atoms with E-state index >= 15 is 0 Å². The first-order valence-corrected chi connectivity index (χ1v) is 13.4. The monoisotopic (exact) mass is 605 g/mol. The topological polar surface area (TPSA) is 88.7 Å². The molecule has 1 saturated carbocycles. The third-order valence-corrected chi connectivity index (χ3v) is 7.43. The van der Waals surface area contributed by atoms with Crippen LogP contribution in [0.5, 0.6) is 5.88 Å². The van der Waals surface area contributed by atoms with Gasteiger partial charge in [-0.1, -0.05) is 46.6 Å². The number of aromatic nitrogens is 2. The van der Waals surface area contributed by atoms with Crippen LogP contribution in [0.2, 0.25) is 10.0 Å². The molecule has 2 aromatic carbocycles. The maximum Gasteiger partial charge on any atom is 0.435 e. The lowest BCUT2D eigenvalue weighted by Crippen LogP contribution is -2.22. The Hall–Kier alpha value is -3.76. The summed E-state index contributed by atoms with van der Waals surface area (Å²) in [6, 6.07) is 12.3. The van der Waals surface area contributed by atoms with Crippen molar-refractivity contribution in [1.29, 1.82) is 0 Å². The second-order valence-corrected chi connectivity index (χ2v) is 10.7. The fraction of sp³-hybridized carbons (Fsp3) is 0.276. The van der Waals surface area contributed by atoms with E-state index in [1.165, 1.54) is 30.1 Å². The third-order valence-electron chi connectivity index (χ3n) is 6.80. The zero-order valence-electron chi connectivity index (χ0n) is 21.9. The van der Waals surface area contributed by atoms with Crippen molar-refractivity contribution in [1.82, 2.24) is 10.1 Å². The Morgan fingerprint density at radius 3 is 2.46 bits per heavy atom. The first kappa shape index (κ1) is 28.8. The molecular weight excluding hydrogens is 582 g/mol. The molecule has 12 heteroatoms. The van der Waals surface area contributed by atoms with Crippen LogP contribution < -0.4 is 9.64 Å². The second-order valence-electron chi connectivity index (χ2n) is 9.86. The Balaban J connectivity index is 1.41. The Morgan fingerprint density at radius 1 is 1.15 bits per heavy atom. The number of anilines is 1. The summed E-state index contributed by atoms with van der Waals surface area (Å²) < 4.78 is 53.8. The first-order chi connectivity index (χ1) is 19.4. The Bertz CT molecular complexity index is 1600. The van der Waals surface area contributed by atoms with Gasteiger partial charge in [0.2, 0.25) is 5.88 Å². The van der Waals surface area contributed by atoms with Gasteiger partial charge in [-0.3, -0.25) is 0 Å². The summed E-state index contributed by atoms with van der Waals surface area (Å²) >= 11 is 12.8. The summed E-state index contributed by atoms with van der Waals surface area (Å²) in [6.45, 7) is 1.58. The normalized spacial score (nSPS) is 13.3. The van der Waals surface area contributed by atoms with Crippen LogP contribution in [-0.4, -0.2) is 28.3 Å². The number of pyridine rings is 1. The van der Waals surface area contributed by atoms with E-state index in [2.05, 4.69) is 10.1 Å². The molecule has 0 radical (unpaired) electrons. The van der Waals surface area contributed by atoms with Gasteiger partial charge in [0.25, 0.3) is 0 Å². The van der Waals surface area contributed by atoms with Crippen LogP contribution in [0.15, 0.2) is 53.1 Å². The molecule has 41 heavy (non-hydrogen) atoms. The van der Waals surface area contributed by atoms with E-state index in [1.807, 2.05) is 0 Å². The Morgan fingerprint density at radius 2 is 1.85 bits per heavy atom. The van der Waals surface area contributed by atoms with E-state index in [1.54, 1.807) is 37.3 Å². The number of benzene rings is 2. The standard InChI is InChI=1S/C29H24Cl2F3N3O4/c1-15-12-16(6-9-18(15)28(38)39)13-37(2)22-10-11-23(35-27(22)29(32,33)34)40-14-19-25(36-41-26(19)17-7-8-17)24-20(30)4-3-5-21(24)31/h3-6,9-12,17H,7-8,13-14H2,1-2H3,(H,38,39). The molecule has 5 rings (SSSR count). The number of hydrogen-bond donors (Lipinski definition) is 1. The first-order valence-electron chi connectivity index (χ1n) is 12.6. The number of halogens is 5. The number of ether oxygens (including phenoxy) is 1. The average Bonchev–Trinajstić information content (AvgIpc) is 3.66. The minimum Gasteiger partial charge on any atom is -0.478 e. The summed E-state index contributed by atoms with van der Waals surface area (Å²) in [4.78, 5) is 16.5. The molecule has 0 bridgehead atoms. The SMILES string of the molecule is Cc1cc(CN(C)c2ccc(OCc3c(-c4c(Cl)cccc4Cl)noc3C3CC3)nc2C(F)(F)F)ccc1C(=O)O. The zero-order valence-corrected chi connectivity index (χ0v) is 23.4. The van der Waals surface area contributed by atoms with Crippen molar-refractivity contribution in [2.75, 3.05) is 11.9 Å². The molecular formula is C29H24Cl2F3N3O4. The molecule has 0 atom stereocenters. The number of alkyl halides is 3. The van der Waals surface area contributed by atoms with Gasteiger partial charge in [0.1, 0.15) is 18.1 Å². The molecule has 2 aromatic heterocycles. The van der Waals surface area contributed by atoms with Crippen LogP contribution in [-0.2, 0) is 19.3 Å². The van der Waals surface area contributed by atoms with Crippen molar-refractivity contribution >= 4 is 34.9 Å². The number of carbonyl (C=O) groups is 1. The molecule has 4 aromatic rings. The Labute approximate surface area is 243 Å². The summed E-state index contributed by atoms with van der Waals surface area (Å²) in [5.41, 5.74) is 1.41. The molecule has 0 aliphatic heterocycles. The van der Waals surface area contributed by atoms with Gasteiger partial charge in [0, 0.05) is 31.1 Å². The zero-order chi connectivity index (χ0) is 29.5. The Kier molecular flexibility index (Phi) is 7.89. The lowest BCUT2D eigenvalue weighted by atomic mass is 10.0. The number of nitrogens with zero attached hydrogens (tertiary/aromatic N) is 3. The van der Waals surface area contributed by atoms with E-state index in [9.17, 15) is 23.1 Å². The van der Waals surface area contributed by atoms with Crippen molar-refractivity contribution in [3.05, 3.63) is 92.3 Å². The van der Waals surface area contributed by atoms with Crippen LogP contribution in [0.1, 0.15) is 57.3 Å². The van der Waals surface area contributed by atoms with E-state index in [4.69, 9.17) is 32.5 Å². The molecule has 0 saturated heterocycles. The van der Waals surface area contributed by atoms with Crippen LogP contribution in [0.3, 0.4) is 0 Å². The number of hydrogen-bond acceptors (Lipinski definition) is 6. The van der Waals surface area contributed by atoms with Gasteiger partial charge in [-0.25, -0.2) is 9.78 Å². The van der Waals surface area contributed by atoms with E-state index < -0.39 is 17.8 Å². The lowest BCUT2D eigenvalue weighted by molar-refractivity contribution is -0.140. The van der Waals surface area contributed by atoms with Crippen LogP contribution >= 0.6 is 23.2 Å². The molecule has 0 unspecified atom stereocenters. The van der Waals surface area contributed by atoms with Crippen LogP contribution in [0.25, 0.3) is 11.3 Å². The smallest absolute Gasteiger partial charge is 0.435 e. The minimum atomic E-state index is -4.77.